The first kappa shape index (κ1) is 28.1. The molecule has 2 fully saturated rings. The molecule has 0 bridgehead atoms. The number of benzene rings is 2. The van der Waals surface area contributed by atoms with E-state index < -0.39 is 11.8 Å². The van der Waals surface area contributed by atoms with E-state index in [1.54, 1.807) is 12.1 Å². The number of anilines is 2. The molecule has 6 rings (SSSR count). The number of hydrogen-bond donors (Lipinski definition) is 3. The summed E-state index contributed by atoms with van der Waals surface area (Å²) < 4.78 is 17.5. The van der Waals surface area contributed by atoms with Crippen molar-refractivity contribution in [1.82, 2.24) is 29.7 Å². The predicted molar refractivity (Wildman–Crippen MR) is 165 cm³/mol. The fourth-order valence-corrected chi connectivity index (χ4v) is 6.45. The number of likely N-dealkylation sites (N-methyl/N-ethyl adjacent to an activating group) is 1. The molecule has 1 aliphatic carbocycles. The SMILES string of the molecule is Cc1cccc(CNC(=O)Nc2ccc(-c3cn([C@H]4CC[C@@H](N5CCN(C)CC5)CC4)c4ncnc(N)c34)cc2F)c1. The Morgan fingerprint density at radius 3 is 2.52 bits per heavy atom. The van der Waals surface area contributed by atoms with Crippen molar-refractivity contribution in [2.45, 2.75) is 51.2 Å². The molecule has 10 heteroatoms. The van der Waals surface area contributed by atoms with Crippen LogP contribution in [0.5, 0.6) is 0 Å². The number of rotatable bonds is 6. The molecule has 4 aromatic rings. The number of hydrogen-bond acceptors (Lipinski definition) is 6. The minimum absolute atomic E-state index is 0.107. The molecule has 0 atom stereocenters. The van der Waals surface area contributed by atoms with Crippen LogP contribution in [0, 0.1) is 12.7 Å². The maximum Gasteiger partial charge on any atom is 0.319 e. The van der Waals surface area contributed by atoms with E-state index in [4.69, 9.17) is 5.73 Å². The lowest BCUT2D eigenvalue weighted by Gasteiger charge is -2.41. The number of nitrogens with zero attached hydrogens (tertiary/aromatic N) is 5. The molecular formula is C32H39FN8O. The lowest BCUT2D eigenvalue weighted by atomic mass is 9.89. The van der Waals surface area contributed by atoms with Crippen molar-refractivity contribution in [1.29, 1.82) is 0 Å². The first-order valence-electron chi connectivity index (χ1n) is 14.8. The topological polar surface area (TPSA) is 104 Å². The van der Waals surface area contributed by atoms with E-state index in [1.165, 1.54) is 12.4 Å². The number of piperazine rings is 1. The Labute approximate surface area is 245 Å². The third-order valence-corrected chi connectivity index (χ3v) is 8.82. The average Bonchev–Trinajstić information content (AvgIpc) is 3.39. The number of nitrogens with two attached hydrogens (primary N) is 1. The van der Waals surface area contributed by atoms with E-state index >= 15 is 4.39 Å². The van der Waals surface area contributed by atoms with Gasteiger partial charge in [-0.25, -0.2) is 19.2 Å². The molecule has 2 aromatic carbocycles. The zero-order valence-corrected chi connectivity index (χ0v) is 24.3. The molecule has 220 valence electrons. The summed E-state index contributed by atoms with van der Waals surface area (Å²) in [6.07, 6.45) is 7.94. The maximum absolute atomic E-state index is 15.3. The van der Waals surface area contributed by atoms with Gasteiger partial charge >= 0.3 is 6.03 Å². The molecule has 3 heterocycles. The molecular weight excluding hydrogens is 531 g/mol. The van der Waals surface area contributed by atoms with Crippen LogP contribution in [0.15, 0.2) is 55.0 Å². The third-order valence-electron chi connectivity index (χ3n) is 8.82. The highest BCUT2D eigenvalue weighted by molar-refractivity contribution is 6.01. The van der Waals surface area contributed by atoms with Gasteiger partial charge in [0.05, 0.1) is 11.1 Å². The number of nitrogens with one attached hydrogen (secondary N) is 2. The van der Waals surface area contributed by atoms with Gasteiger partial charge in [-0.1, -0.05) is 35.9 Å². The van der Waals surface area contributed by atoms with Crippen molar-refractivity contribution < 1.29 is 9.18 Å². The lowest BCUT2D eigenvalue weighted by Crippen LogP contribution is -2.49. The van der Waals surface area contributed by atoms with Crippen LogP contribution in [0.2, 0.25) is 0 Å². The van der Waals surface area contributed by atoms with Crippen LogP contribution < -0.4 is 16.4 Å². The van der Waals surface area contributed by atoms with Crippen LogP contribution in [-0.4, -0.2) is 69.6 Å². The molecule has 9 nitrogen and oxygen atoms in total. The van der Waals surface area contributed by atoms with E-state index in [2.05, 4.69) is 42.0 Å². The Balaban J connectivity index is 1.18. The van der Waals surface area contributed by atoms with Gasteiger partial charge in [-0.2, -0.15) is 0 Å². The van der Waals surface area contributed by atoms with Crippen LogP contribution >= 0.6 is 0 Å². The van der Waals surface area contributed by atoms with Crippen LogP contribution in [0.3, 0.4) is 0 Å². The van der Waals surface area contributed by atoms with Gasteiger partial charge in [-0.15, -0.1) is 0 Å². The van der Waals surface area contributed by atoms with Crippen molar-refractivity contribution in [3.8, 4) is 11.1 Å². The largest absolute Gasteiger partial charge is 0.383 e. The Bertz CT molecular complexity index is 1570. The maximum atomic E-state index is 15.3. The summed E-state index contributed by atoms with van der Waals surface area (Å²) in [6, 6.07) is 13.1. The quantitative estimate of drug-likeness (QED) is 0.295. The van der Waals surface area contributed by atoms with E-state index in [1.807, 2.05) is 37.4 Å². The van der Waals surface area contributed by atoms with E-state index in [0.717, 1.165) is 79.6 Å². The van der Waals surface area contributed by atoms with Crippen molar-refractivity contribution >= 4 is 28.6 Å². The van der Waals surface area contributed by atoms with E-state index in [0.29, 0.717) is 30.0 Å². The van der Waals surface area contributed by atoms with Gasteiger partial charge in [-0.05, 0) is 62.9 Å². The van der Waals surface area contributed by atoms with Gasteiger partial charge in [-0.3, -0.25) is 4.90 Å². The Kier molecular flexibility index (Phi) is 8.08. The van der Waals surface area contributed by atoms with Crippen LogP contribution in [-0.2, 0) is 6.54 Å². The van der Waals surface area contributed by atoms with Crippen LogP contribution in [0.25, 0.3) is 22.2 Å². The summed E-state index contributed by atoms with van der Waals surface area (Å²) in [5.41, 5.74) is 10.8. The summed E-state index contributed by atoms with van der Waals surface area (Å²) in [5.74, 6) is -0.153. The number of halogens is 1. The Morgan fingerprint density at radius 1 is 1.02 bits per heavy atom. The third kappa shape index (κ3) is 5.96. The number of aromatic nitrogens is 3. The number of fused-ring (bicyclic) bond motifs is 1. The first-order valence-corrected chi connectivity index (χ1v) is 14.8. The second-order valence-corrected chi connectivity index (χ2v) is 11.7. The molecule has 1 saturated heterocycles. The minimum Gasteiger partial charge on any atom is -0.383 e. The molecule has 0 radical (unpaired) electrons. The van der Waals surface area contributed by atoms with Gasteiger partial charge in [0.2, 0.25) is 0 Å². The molecule has 1 saturated carbocycles. The molecule has 4 N–H and O–H groups in total. The predicted octanol–water partition coefficient (Wildman–Crippen LogP) is 5.18. The van der Waals surface area contributed by atoms with Gasteiger partial charge in [0, 0.05) is 56.6 Å². The highest BCUT2D eigenvalue weighted by atomic mass is 19.1. The van der Waals surface area contributed by atoms with Crippen LogP contribution in [0.1, 0.15) is 42.9 Å². The number of carbonyl (C=O) groups excluding carboxylic acids is 1. The normalized spacial score (nSPS) is 20.1. The number of nitrogen functional groups attached to an aromatic ring is 1. The van der Waals surface area contributed by atoms with Crippen LogP contribution in [0.4, 0.5) is 20.7 Å². The zero-order chi connectivity index (χ0) is 29.2. The standard InChI is InChI=1S/C32H39FN8O/c1-21-4-3-5-22(16-21)18-35-32(42)38-28-11-6-23(17-27(28)33)26-19-41(31-29(26)30(34)36-20-37-31)25-9-7-24(8-10-25)40-14-12-39(2)13-15-40/h3-6,11,16-17,19-20,24-25H,7-10,12-15,18H2,1-2H3,(H2,34,36,37)(H2,35,38,42)/t24-,25+. The fourth-order valence-electron chi connectivity index (χ4n) is 6.45. The second-order valence-electron chi connectivity index (χ2n) is 11.7. The Hall–Kier alpha value is -4.02. The van der Waals surface area contributed by atoms with Crippen molar-refractivity contribution in [2.75, 3.05) is 44.3 Å². The molecule has 2 aromatic heterocycles. The monoisotopic (exact) mass is 570 g/mol. The van der Waals surface area contributed by atoms with Crippen molar-refractivity contribution in [2.24, 2.45) is 0 Å². The Morgan fingerprint density at radius 2 is 1.79 bits per heavy atom. The van der Waals surface area contributed by atoms with Gasteiger partial charge in [0.15, 0.2) is 0 Å². The molecule has 1 aliphatic heterocycles. The molecule has 0 spiro atoms. The highest BCUT2D eigenvalue weighted by Gasteiger charge is 2.30. The van der Waals surface area contributed by atoms with Crippen molar-refractivity contribution in [3.63, 3.8) is 0 Å². The number of amides is 2. The summed E-state index contributed by atoms with van der Waals surface area (Å²) in [5, 5.41) is 6.14. The average molecular weight is 571 g/mol. The summed E-state index contributed by atoms with van der Waals surface area (Å²) >= 11 is 0. The number of carbonyl (C=O) groups is 1. The van der Waals surface area contributed by atoms with Gasteiger partial charge < -0.3 is 25.8 Å². The summed E-state index contributed by atoms with van der Waals surface area (Å²) in [7, 11) is 2.19. The molecule has 42 heavy (non-hydrogen) atoms. The number of aryl methyl sites for hydroxylation is 1. The first-order chi connectivity index (χ1) is 20.4. The smallest absolute Gasteiger partial charge is 0.319 e. The highest BCUT2D eigenvalue weighted by Crippen LogP contribution is 2.39. The molecule has 0 unspecified atom stereocenters. The summed E-state index contributed by atoms with van der Waals surface area (Å²) in [6.45, 7) is 6.88. The van der Waals surface area contributed by atoms with Crippen molar-refractivity contribution in [3.05, 3.63) is 71.9 Å². The van der Waals surface area contributed by atoms with Gasteiger partial charge in [0.25, 0.3) is 0 Å². The zero-order valence-electron chi connectivity index (χ0n) is 24.3. The lowest BCUT2D eigenvalue weighted by molar-refractivity contribution is 0.0828. The molecule has 2 amide bonds. The fraction of sp³-hybridized carbons (Fsp3) is 0.406. The summed E-state index contributed by atoms with van der Waals surface area (Å²) in [4.78, 5) is 26.4. The minimum atomic E-state index is -0.526. The molecule has 2 aliphatic rings. The second kappa shape index (κ2) is 12.1. The van der Waals surface area contributed by atoms with E-state index in [-0.39, 0.29) is 5.69 Å². The number of urea groups is 1. The van der Waals surface area contributed by atoms with Gasteiger partial charge in [0.1, 0.15) is 23.6 Å². The van der Waals surface area contributed by atoms with E-state index in [9.17, 15) is 4.79 Å².